The average molecular weight is 1220 g/mol. The van der Waals surface area contributed by atoms with Crippen LogP contribution in [-0.2, 0) is 73.6 Å². The van der Waals surface area contributed by atoms with Gasteiger partial charge in [0.25, 0.3) is 0 Å². The highest BCUT2D eigenvalue weighted by molar-refractivity contribution is 6.00. The van der Waals surface area contributed by atoms with E-state index >= 15 is 9.59 Å². The molecule has 0 radical (unpaired) electrons. The number of rotatable bonds is 32. The van der Waals surface area contributed by atoms with E-state index in [2.05, 4.69) is 57.5 Å². The van der Waals surface area contributed by atoms with Gasteiger partial charge in [-0.3, -0.25) is 43.2 Å². The van der Waals surface area contributed by atoms with E-state index in [4.69, 9.17) is 0 Å². The van der Waals surface area contributed by atoms with Gasteiger partial charge in [0, 0.05) is 83.9 Å². The number of amides is 8. The molecule has 3 aromatic heterocycles. The van der Waals surface area contributed by atoms with E-state index in [1.807, 2.05) is 72.8 Å². The van der Waals surface area contributed by atoms with E-state index in [1.54, 1.807) is 90.5 Å². The van der Waals surface area contributed by atoms with Gasteiger partial charge in [0.1, 0.15) is 48.3 Å². The zero-order valence-corrected chi connectivity index (χ0v) is 51.0. The van der Waals surface area contributed by atoms with Gasteiger partial charge in [0.05, 0.1) is 6.42 Å². The van der Waals surface area contributed by atoms with Crippen molar-refractivity contribution in [1.82, 2.24) is 57.5 Å². The number of hydrogen-bond donors (Lipinski definition) is 13. The number of carboxylic acid groups (broad SMARTS) is 2. The van der Waals surface area contributed by atoms with Gasteiger partial charge in [-0.2, -0.15) is 0 Å². The smallest absolute Gasteiger partial charge is 0.326 e. The number of nitrogens with one attached hydrogen (secondary N) is 11. The van der Waals surface area contributed by atoms with Crippen molar-refractivity contribution in [2.75, 3.05) is 0 Å². The monoisotopic (exact) mass is 1220 g/mol. The zero-order valence-electron chi connectivity index (χ0n) is 51.0. The van der Waals surface area contributed by atoms with Gasteiger partial charge in [-0.15, -0.1) is 0 Å². The van der Waals surface area contributed by atoms with Crippen LogP contribution in [0.3, 0.4) is 0 Å². The summed E-state index contributed by atoms with van der Waals surface area (Å²) in [6.07, 6.45) is 4.55. The Morgan fingerprint density at radius 2 is 0.753 bits per heavy atom. The molecule has 13 N–H and O–H groups in total. The lowest BCUT2D eigenvalue weighted by Gasteiger charge is -2.31. The van der Waals surface area contributed by atoms with E-state index in [1.165, 1.54) is 6.92 Å². The maximum Gasteiger partial charge on any atom is 0.326 e. The Balaban J connectivity index is 1.12. The van der Waals surface area contributed by atoms with E-state index in [0.717, 1.165) is 38.3 Å². The second-order valence-corrected chi connectivity index (χ2v) is 23.2. The number of H-pyrrole nitrogens is 3. The molecule has 23 nitrogen and oxygen atoms in total. The van der Waals surface area contributed by atoms with Crippen LogP contribution < -0.4 is 42.5 Å². The first-order chi connectivity index (χ1) is 42.5. The number of carbonyl (C=O) groups is 10. The van der Waals surface area contributed by atoms with Crippen LogP contribution in [0.15, 0.2) is 122 Å². The molecule has 10 atom stereocenters. The minimum absolute atomic E-state index is 0.0422. The van der Waals surface area contributed by atoms with Crippen molar-refractivity contribution in [2.24, 2.45) is 17.8 Å². The maximum absolute atomic E-state index is 15.0. The van der Waals surface area contributed by atoms with Crippen molar-refractivity contribution in [3.8, 4) is 0 Å². The van der Waals surface area contributed by atoms with Gasteiger partial charge in [-0.1, -0.05) is 139 Å². The maximum atomic E-state index is 15.0. The van der Waals surface area contributed by atoms with Gasteiger partial charge in [0.15, 0.2) is 0 Å². The fourth-order valence-electron chi connectivity index (χ4n) is 10.8. The molecule has 7 rings (SSSR count). The SMILES string of the molecule is CC[C@H](C)[C@H](NC(=O)[C@H](CC(=O)O)NC(=O)[C@H](CC(C)C)NC(=O)[C@@H](Cc1c[nH]c2ccccc12)NC(=O)[C@@H](Cc1c[nH]c2ccccc12)NC(=O)[C@H](Cc1ccccc1)NC(C)=O)C(=O)N[C@H](C(=O)N[C@@H](Cc1c[nH]c2ccccc12)C(=O)O)[C@@H](C)CC. The molecule has 3 heterocycles. The number of para-hydroxylation sites is 3. The molecule has 4 aromatic carbocycles. The second kappa shape index (κ2) is 31.2. The quantitative estimate of drug-likeness (QED) is 0.0265. The molecule has 0 saturated heterocycles. The number of aromatic amines is 3. The molecule has 0 aliphatic rings. The van der Waals surface area contributed by atoms with E-state index in [-0.39, 0.29) is 38.0 Å². The van der Waals surface area contributed by atoms with Gasteiger partial charge >= 0.3 is 11.9 Å². The standard InChI is InChI=1S/C66H81N11O12/c1-8-37(5)57(64(86)75-55(66(88)89)31-43-35-69-49-26-18-15-23-46(43)49)77-65(87)58(38(6)9-2)76-63(85)54(32-56(79)80)74-59(81)50(27-36(3)4)71-61(83)52(29-41-33-67-47-24-16-13-21-44(41)47)73-62(84)53(30-42-34-68-48-25-17-14-22-45(42)48)72-60(82)51(70-39(7)78)28-40-19-11-10-12-20-40/h10-26,33-38,50-55,57-58,67-69H,8-9,27-32H2,1-7H3,(H,70,78)(H,71,83)(H,72,82)(H,73,84)(H,74,81)(H,75,86)(H,76,85)(H,77,87)(H,79,80)(H,88,89)/t37-,38-,50-,51-,52+,53+,54-,55-,57-,58-/m0/s1. The molecule has 7 aromatic rings. The van der Waals surface area contributed by atoms with Crippen LogP contribution in [-0.4, -0.2) is 133 Å². The zero-order chi connectivity index (χ0) is 64.5. The normalized spacial score (nSPS) is 14.8. The Hall–Kier alpha value is -9.80. The Morgan fingerprint density at radius 1 is 0.404 bits per heavy atom. The molecule has 0 saturated carbocycles. The number of aliphatic carboxylic acids is 2. The Labute approximate surface area is 515 Å². The van der Waals surface area contributed by atoms with Crippen molar-refractivity contribution in [3.05, 3.63) is 144 Å². The highest BCUT2D eigenvalue weighted by Crippen LogP contribution is 2.24. The van der Waals surface area contributed by atoms with Crippen molar-refractivity contribution in [1.29, 1.82) is 0 Å². The molecule has 472 valence electrons. The van der Waals surface area contributed by atoms with Crippen LogP contribution in [0.1, 0.15) is 96.4 Å². The first kappa shape index (κ1) is 66.7. The second-order valence-electron chi connectivity index (χ2n) is 23.2. The molecule has 0 aliphatic carbocycles. The fourth-order valence-corrected chi connectivity index (χ4v) is 10.8. The number of hydrogen-bond acceptors (Lipinski definition) is 10. The van der Waals surface area contributed by atoms with Gasteiger partial charge in [-0.05, 0) is 64.6 Å². The molecule has 23 heteroatoms. The largest absolute Gasteiger partial charge is 0.481 e. The van der Waals surface area contributed by atoms with Crippen molar-refractivity contribution < 1.29 is 58.2 Å². The lowest BCUT2D eigenvalue weighted by molar-refractivity contribution is -0.142. The summed E-state index contributed by atoms with van der Waals surface area (Å²) >= 11 is 0. The topological polar surface area (TPSA) is 355 Å². The minimum Gasteiger partial charge on any atom is -0.481 e. The summed E-state index contributed by atoms with van der Waals surface area (Å²) in [6.45, 7) is 11.7. The van der Waals surface area contributed by atoms with E-state index in [0.29, 0.717) is 29.5 Å². The molecule has 0 spiro atoms. The van der Waals surface area contributed by atoms with E-state index in [9.17, 15) is 48.6 Å². The van der Waals surface area contributed by atoms with Gasteiger partial charge < -0.3 is 67.7 Å². The van der Waals surface area contributed by atoms with Gasteiger partial charge in [-0.25, -0.2) is 4.79 Å². The predicted molar refractivity (Wildman–Crippen MR) is 336 cm³/mol. The molecule has 8 amide bonds. The number of carbonyl (C=O) groups excluding carboxylic acids is 8. The summed E-state index contributed by atoms with van der Waals surface area (Å²) in [5.41, 5.74) is 4.93. The third kappa shape index (κ3) is 18.1. The van der Waals surface area contributed by atoms with Crippen LogP contribution in [0.4, 0.5) is 0 Å². The molecular weight excluding hydrogens is 1140 g/mol. The van der Waals surface area contributed by atoms with E-state index < -0.39 is 126 Å². The summed E-state index contributed by atoms with van der Waals surface area (Å²) in [5.74, 6) is -10.7. The summed E-state index contributed by atoms with van der Waals surface area (Å²) in [4.78, 5) is 149. The van der Waals surface area contributed by atoms with Crippen LogP contribution in [0.25, 0.3) is 32.7 Å². The van der Waals surface area contributed by atoms with Crippen LogP contribution >= 0.6 is 0 Å². The van der Waals surface area contributed by atoms with Crippen LogP contribution in [0.2, 0.25) is 0 Å². The minimum atomic E-state index is -1.82. The third-order valence-corrected chi connectivity index (χ3v) is 16.1. The molecule has 89 heavy (non-hydrogen) atoms. The third-order valence-electron chi connectivity index (χ3n) is 16.1. The summed E-state index contributed by atoms with van der Waals surface area (Å²) in [6, 6.07) is 19.8. The predicted octanol–water partition coefficient (Wildman–Crippen LogP) is 5.00. The average Bonchev–Trinajstić information content (AvgIpc) is 4.48. The Bertz CT molecular complexity index is 3650. The number of aromatic nitrogens is 3. The first-order valence-corrected chi connectivity index (χ1v) is 30.1. The lowest BCUT2D eigenvalue weighted by Crippen LogP contribution is -2.62. The van der Waals surface area contributed by atoms with Gasteiger partial charge in [0.2, 0.25) is 47.3 Å². The van der Waals surface area contributed by atoms with Crippen LogP contribution in [0, 0.1) is 17.8 Å². The fraction of sp³-hybridized carbons (Fsp3) is 0.394. The summed E-state index contributed by atoms with van der Waals surface area (Å²) < 4.78 is 0. The lowest BCUT2D eigenvalue weighted by atomic mass is 9.94. The van der Waals surface area contributed by atoms with Crippen molar-refractivity contribution >= 4 is 91.9 Å². The number of benzene rings is 4. The summed E-state index contributed by atoms with van der Waals surface area (Å²) in [5, 5.41) is 44.3. The highest BCUT2D eigenvalue weighted by Gasteiger charge is 2.38. The molecular formula is C66H81N11O12. The Kier molecular flexibility index (Phi) is 23.4. The molecule has 0 aliphatic heterocycles. The van der Waals surface area contributed by atoms with Crippen molar-refractivity contribution in [2.45, 2.75) is 148 Å². The number of fused-ring (bicyclic) bond motifs is 3. The summed E-state index contributed by atoms with van der Waals surface area (Å²) in [7, 11) is 0. The number of carboxylic acids is 2. The Morgan fingerprint density at radius 3 is 1.17 bits per heavy atom. The molecule has 0 fully saturated rings. The first-order valence-electron chi connectivity index (χ1n) is 30.1. The molecule has 0 bridgehead atoms. The van der Waals surface area contributed by atoms with Crippen LogP contribution in [0.5, 0.6) is 0 Å². The van der Waals surface area contributed by atoms with Crippen molar-refractivity contribution in [3.63, 3.8) is 0 Å². The highest BCUT2D eigenvalue weighted by atomic mass is 16.4. The molecule has 0 unspecified atom stereocenters.